The van der Waals surface area contributed by atoms with Crippen molar-refractivity contribution in [1.29, 1.82) is 0 Å². The molecule has 2 aromatic carbocycles. The Bertz CT molecular complexity index is 1120. The molecule has 1 heterocycles. The SMILES string of the molecule is COc1ccc(CCNC(=O)c2csc(CNC(=O)COc3ccc(OC(F)(F)F)cc3)n2)cc1. The van der Waals surface area contributed by atoms with Gasteiger partial charge in [-0.25, -0.2) is 4.98 Å². The minimum absolute atomic E-state index is 0.102. The Balaban J connectivity index is 1.36. The number of thiazole rings is 1. The van der Waals surface area contributed by atoms with Crippen LogP contribution in [0.25, 0.3) is 0 Å². The van der Waals surface area contributed by atoms with E-state index in [4.69, 9.17) is 9.47 Å². The third kappa shape index (κ3) is 8.81. The number of hydrogen-bond acceptors (Lipinski definition) is 7. The minimum Gasteiger partial charge on any atom is -0.497 e. The van der Waals surface area contributed by atoms with Crippen LogP contribution >= 0.6 is 11.3 Å². The second-order valence-electron chi connectivity index (χ2n) is 7.07. The van der Waals surface area contributed by atoms with Crippen LogP contribution in [-0.4, -0.2) is 43.4 Å². The van der Waals surface area contributed by atoms with Crippen LogP contribution in [0.5, 0.6) is 17.2 Å². The van der Waals surface area contributed by atoms with Gasteiger partial charge in [0, 0.05) is 11.9 Å². The van der Waals surface area contributed by atoms with Gasteiger partial charge >= 0.3 is 6.36 Å². The maximum Gasteiger partial charge on any atom is 0.573 e. The quantitative estimate of drug-likeness (QED) is 0.409. The predicted molar refractivity (Wildman–Crippen MR) is 122 cm³/mol. The van der Waals surface area contributed by atoms with E-state index in [1.165, 1.54) is 23.5 Å². The Morgan fingerprint density at radius 3 is 2.29 bits per heavy atom. The predicted octanol–water partition coefficient (Wildman–Crippen LogP) is 3.72. The van der Waals surface area contributed by atoms with Gasteiger partial charge in [-0.2, -0.15) is 0 Å². The first-order chi connectivity index (χ1) is 16.7. The number of methoxy groups -OCH3 is 1. The molecule has 0 bridgehead atoms. The van der Waals surface area contributed by atoms with E-state index in [1.54, 1.807) is 12.5 Å². The molecule has 0 fully saturated rings. The highest BCUT2D eigenvalue weighted by Gasteiger charge is 2.31. The molecule has 2 amide bonds. The van der Waals surface area contributed by atoms with Crippen LogP contribution in [0.2, 0.25) is 0 Å². The van der Waals surface area contributed by atoms with Gasteiger partial charge in [0.25, 0.3) is 11.8 Å². The molecule has 35 heavy (non-hydrogen) atoms. The van der Waals surface area contributed by atoms with Crippen molar-refractivity contribution in [1.82, 2.24) is 15.6 Å². The summed E-state index contributed by atoms with van der Waals surface area (Å²) in [7, 11) is 1.60. The van der Waals surface area contributed by atoms with Crippen molar-refractivity contribution in [2.45, 2.75) is 19.3 Å². The number of carbonyl (C=O) groups excluding carboxylic acids is 2. The van der Waals surface area contributed by atoms with E-state index in [0.717, 1.165) is 23.4 Å². The zero-order chi connectivity index (χ0) is 25.3. The fourth-order valence-electron chi connectivity index (χ4n) is 2.81. The molecule has 3 aromatic rings. The molecule has 12 heteroatoms. The van der Waals surface area contributed by atoms with Gasteiger partial charge in [0.05, 0.1) is 13.7 Å². The topological polar surface area (TPSA) is 98.8 Å². The number of rotatable bonds is 11. The molecule has 0 saturated heterocycles. The Hall–Kier alpha value is -3.80. The van der Waals surface area contributed by atoms with Crippen LogP contribution in [0, 0.1) is 0 Å². The highest BCUT2D eigenvalue weighted by atomic mass is 32.1. The Labute approximate surface area is 203 Å². The Morgan fingerprint density at radius 1 is 0.971 bits per heavy atom. The molecule has 0 spiro atoms. The highest BCUT2D eigenvalue weighted by molar-refractivity contribution is 7.09. The van der Waals surface area contributed by atoms with Gasteiger partial charge in [0.15, 0.2) is 6.61 Å². The lowest BCUT2D eigenvalue weighted by Gasteiger charge is -2.10. The van der Waals surface area contributed by atoms with Crippen LogP contribution in [-0.2, 0) is 17.8 Å². The van der Waals surface area contributed by atoms with E-state index < -0.39 is 18.0 Å². The van der Waals surface area contributed by atoms with Crippen LogP contribution in [0.4, 0.5) is 13.2 Å². The first-order valence-electron chi connectivity index (χ1n) is 10.3. The van der Waals surface area contributed by atoms with E-state index in [2.05, 4.69) is 20.4 Å². The molecule has 3 rings (SSSR count). The Kier molecular flexibility index (Phi) is 8.90. The van der Waals surface area contributed by atoms with Gasteiger partial charge in [-0.1, -0.05) is 12.1 Å². The molecule has 0 atom stereocenters. The molecular weight excluding hydrogens is 487 g/mol. The minimum atomic E-state index is -4.78. The van der Waals surface area contributed by atoms with Crippen molar-refractivity contribution in [3.63, 3.8) is 0 Å². The summed E-state index contributed by atoms with van der Waals surface area (Å²) < 4.78 is 50.6. The first kappa shape index (κ1) is 25.8. The molecule has 0 saturated carbocycles. The van der Waals surface area contributed by atoms with Crippen LogP contribution in [0.15, 0.2) is 53.9 Å². The van der Waals surface area contributed by atoms with Crippen LogP contribution in [0.1, 0.15) is 21.1 Å². The number of nitrogens with zero attached hydrogens (tertiary/aromatic N) is 1. The number of halogens is 3. The molecule has 8 nitrogen and oxygen atoms in total. The lowest BCUT2D eigenvalue weighted by molar-refractivity contribution is -0.274. The zero-order valence-electron chi connectivity index (χ0n) is 18.6. The van der Waals surface area contributed by atoms with E-state index in [1.807, 2.05) is 24.3 Å². The van der Waals surface area contributed by atoms with Gasteiger partial charge in [-0.05, 0) is 48.4 Å². The second kappa shape index (κ2) is 12.1. The Morgan fingerprint density at radius 2 is 1.63 bits per heavy atom. The van der Waals surface area contributed by atoms with Gasteiger partial charge < -0.3 is 24.8 Å². The molecule has 0 unspecified atom stereocenters. The molecule has 2 N–H and O–H groups in total. The number of amides is 2. The number of carbonyl (C=O) groups is 2. The lowest BCUT2D eigenvalue weighted by Crippen LogP contribution is -2.28. The molecule has 186 valence electrons. The smallest absolute Gasteiger partial charge is 0.497 e. The van der Waals surface area contributed by atoms with Crippen molar-refractivity contribution < 1.29 is 37.0 Å². The van der Waals surface area contributed by atoms with Crippen molar-refractivity contribution >= 4 is 23.2 Å². The fraction of sp³-hybridized carbons (Fsp3) is 0.261. The summed E-state index contributed by atoms with van der Waals surface area (Å²) >= 11 is 1.23. The highest BCUT2D eigenvalue weighted by Crippen LogP contribution is 2.24. The van der Waals surface area contributed by atoms with Gasteiger partial charge in [-0.3, -0.25) is 9.59 Å². The van der Waals surface area contributed by atoms with E-state index in [0.29, 0.717) is 18.0 Å². The number of benzene rings is 2. The summed E-state index contributed by atoms with van der Waals surface area (Å²) in [5.74, 6) is -0.189. The fourth-order valence-corrected chi connectivity index (χ4v) is 3.53. The van der Waals surface area contributed by atoms with E-state index in [9.17, 15) is 22.8 Å². The summed E-state index contributed by atoms with van der Waals surface area (Å²) in [6, 6.07) is 12.2. The molecule has 1 aromatic heterocycles. The summed E-state index contributed by atoms with van der Waals surface area (Å²) in [6.07, 6.45) is -4.13. The van der Waals surface area contributed by atoms with Crippen LogP contribution in [0.3, 0.4) is 0 Å². The number of nitrogens with one attached hydrogen (secondary N) is 2. The van der Waals surface area contributed by atoms with Gasteiger partial charge in [0.1, 0.15) is 28.0 Å². The summed E-state index contributed by atoms with van der Waals surface area (Å²) in [5.41, 5.74) is 1.31. The number of aromatic nitrogens is 1. The monoisotopic (exact) mass is 509 g/mol. The maximum atomic E-state index is 12.3. The first-order valence-corrected chi connectivity index (χ1v) is 11.2. The average molecular weight is 510 g/mol. The van der Waals surface area contributed by atoms with Crippen molar-refractivity contribution in [3.8, 4) is 17.2 Å². The summed E-state index contributed by atoms with van der Waals surface area (Å²) in [5, 5.41) is 7.55. The third-order valence-electron chi connectivity index (χ3n) is 4.51. The van der Waals surface area contributed by atoms with Gasteiger partial charge in [0.2, 0.25) is 0 Å². The molecule has 0 aliphatic rings. The molecule has 0 aliphatic heterocycles. The number of hydrogen-bond donors (Lipinski definition) is 2. The van der Waals surface area contributed by atoms with Gasteiger partial charge in [-0.15, -0.1) is 24.5 Å². The summed E-state index contributed by atoms with van der Waals surface area (Å²) in [6.45, 7) is 0.198. The second-order valence-corrected chi connectivity index (χ2v) is 8.01. The lowest BCUT2D eigenvalue weighted by atomic mass is 10.1. The molecule has 0 aliphatic carbocycles. The van der Waals surface area contributed by atoms with Crippen molar-refractivity contribution in [2.24, 2.45) is 0 Å². The maximum absolute atomic E-state index is 12.3. The zero-order valence-corrected chi connectivity index (χ0v) is 19.4. The third-order valence-corrected chi connectivity index (χ3v) is 5.36. The largest absolute Gasteiger partial charge is 0.573 e. The standard InChI is InChI=1S/C23H22F3N3O5S/c1-32-16-4-2-15(3-5-16)10-11-27-22(31)19-14-35-21(29-19)12-28-20(30)13-33-17-6-8-18(9-7-17)34-23(24,25)26/h2-9,14H,10-13H2,1H3,(H,27,31)(H,28,30). The summed E-state index contributed by atoms with van der Waals surface area (Å²) in [4.78, 5) is 28.5. The van der Waals surface area contributed by atoms with E-state index >= 15 is 0 Å². The number of alkyl halides is 3. The van der Waals surface area contributed by atoms with Crippen molar-refractivity contribution in [2.75, 3.05) is 20.3 Å². The molecular formula is C23H22F3N3O5S. The average Bonchev–Trinajstić information content (AvgIpc) is 3.31. The van der Waals surface area contributed by atoms with E-state index in [-0.39, 0.29) is 30.5 Å². The number of ether oxygens (including phenoxy) is 3. The van der Waals surface area contributed by atoms with Crippen molar-refractivity contribution in [3.05, 3.63) is 70.2 Å². The molecule has 0 radical (unpaired) electrons. The normalized spacial score (nSPS) is 11.0. The van der Waals surface area contributed by atoms with Crippen LogP contribution < -0.4 is 24.8 Å².